The van der Waals surface area contributed by atoms with Gasteiger partial charge in [-0.1, -0.05) is 25.1 Å². The van der Waals surface area contributed by atoms with Crippen molar-refractivity contribution in [2.45, 2.75) is 38.3 Å². The molecule has 2 aliphatic rings. The predicted octanol–water partition coefficient (Wildman–Crippen LogP) is 2.51. The number of aliphatic imine (C=N–C) groups is 1. The van der Waals surface area contributed by atoms with Gasteiger partial charge in [-0.05, 0) is 24.5 Å². The first-order chi connectivity index (χ1) is 10.3. The van der Waals surface area contributed by atoms with E-state index in [1.165, 1.54) is 6.42 Å². The molecule has 1 saturated heterocycles. The number of nitrogens with zero attached hydrogens (tertiary/aromatic N) is 2. The normalized spacial score (nSPS) is 26.6. The first-order valence-electron chi connectivity index (χ1n) is 7.96. The highest BCUT2D eigenvalue weighted by atomic mass is 16.5. The molecule has 114 valence electrons. The number of hydrogen-bond acceptors (Lipinski definition) is 2. The minimum atomic E-state index is 0.321. The van der Waals surface area contributed by atoms with Gasteiger partial charge in [0.05, 0.1) is 0 Å². The molecule has 2 atom stereocenters. The van der Waals surface area contributed by atoms with Crippen LogP contribution in [-0.2, 0) is 0 Å². The van der Waals surface area contributed by atoms with Crippen LogP contribution in [0.15, 0.2) is 35.3 Å². The molecule has 4 nitrogen and oxygen atoms in total. The van der Waals surface area contributed by atoms with Crippen LogP contribution in [0.4, 0.5) is 0 Å². The van der Waals surface area contributed by atoms with E-state index in [1.54, 1.807) is 0 Å². The standard InChI is InChI=1S/C17H25N3O/c1-13-12-16(13)19-17(18-2)20-10-8-15(9-11-20)21-14-6-4-3-5-7-14/h3-7,13,15-16H,8-12H2,1-2H3,(H,18,19). The van der Waals surface area contributed by atoms with Crippen LogP contribution in [0.5, 0.6) is 5.75 Å². The number of nitrogens with one attached hydrogen (secondary N) is 1. The number of hydrogen-bond donors (Lipinski definition) is 1. The average Bonchev–Trinajstić information content (AvgIpc) is 3.22. The maximum Gasteiger partial charge on any atom is 0.193 e. The van der Waals surface area contributed by atoms with Gasteiger partial charge >= 0.3 is 0 Å². The number of guanidine groups is 1. The van der Waals surface area contributed by atoms with Crippen LogP contribution < -0.4 is 10.1 Å². The van der Waals surface area contributed by atoms with Gasteiger partial charge in [-0.2, -0.15) is 0 Å². The summed E-state index contributed by atoms with van der Waals surface area (Å²) in [5, 5.41) is 3.56. The maximum absolute atomic E-state index is 6.04. The van der Waals surface area contributed by atoms with Crippen LogP contribution in [0.1, 0.15) is 26.2 Å². The van der Waals surface area contributed by atoms with Crippen molar-refractivity contribution in [3.63, 3.8) is 0 Å². The minimum absolute atomic E-state index is 0.321. The number of para-hydroxylation sites is 1. The summed E-state index contributed by atoms with van der Waals surface area (Å²) in [5.74, 6) is 2.83. The maximum atomic E-state index is 6.04. The Kier molecular flexibility index (Phi) is 4.32. The summed E-state index contributed by atoms with van der Waals surface area (Å²) in [6.07, 6.45) is 3.69. The fraction of sp³-hybridized carbons (Fsp3) is 0.588. The zero-order valence-electron chi connectivity index (χ0n) is 13.0. The molecular formula is C17H25N3O. The second kappa shape index (κ2) is 6.37. The Morgan fingerprint density at radius 2 is 1.90 bits per heavy atom. The van der Waals surface area contributed by atoms with Gasteiger partial charge in [0.15, 0.2) is 5.96 Å². The average molecular weight is 287 g/mol. The van der Waals surface area contributed by atoms with Crippen molar-refractivity contribution >= 4 is 5.96 Å². The van der Waals surface area contributed by atoms with Crippen molar-refractivity contribution in [1.82, 2.24) is 10.2 Å². The Labute approximate surface area is 127 Å². The van der Waals surface area contributed by atoms with Gasteiger partial charge in [-0.25, -0.2) is 0 Å². The summed E-state index contributed by atoms with van der Waals surface area (Å²) in [6.45, 7) is 4.31. The Bertz CT molecular complexity index is 480. The summed E-state index contributed by atoms with van der Waals surface area (Å²) in [7, 11) is 1.88. The molecule has 4 heteroatoms. The lowest BCUT2D eigenvalue weighted by atomic mass is 10.1. The van der Waals surface area contributed by atoms with E-state index in [2.05, 4.69) is 22.1 Å². The summed E-state index contributed by atoms with van der Waals surface area (Å²) in [4.78, 5) is 6.78. The van der Waals surface area contributed by atoms with Crippen LogP contribution in [0.2, 0.25) is 0 Å². The summed E-state index contributed by atoms with van der Waals surface area (Å²) in [5.41, 5.74) is 0. The molecular weight excluding hydrogens is 262 g/mol. The number of likely N-dealkylation sites (tertiary alicyclic amines) is 1. The largest absolute Gasteiger partial charge is 0.490 e. The van der Waals surface area contributed by atoms with Gasteiger partial charge in [0.2, 0.25) is 0 Å². The van der Waals surface area contributed by atoms with Crippen molar-refractivity contribution in [3.05, 3.63) is 30.3 Å². The molecule has 0 amide bonds. The number of ether oxygens (including phenoxy) is 1. The third-order valence-corrected chi connectivity index (χ3v) is 4.42. The highest BCUT2D eigenvalue weighted by Crippen LogP contribution is 2.29. The third kappa shape index (κ3) is 3.69. The summed E-state index contributed by atoms with van der Waals surface area (Å²) in [6, 6.07) is 10.7. The van der Waals surface area contributed by atoms with Gasteiger partial charge in [0.1, 0.15) is 11.9 Å². The summed E-state index contributed by atoms with van der Waals surface area (Å²) >= 11 is 0. The Morgan fingerprint density at radius 1 is 1.24 bits per heavy atom. The van der Waals surface area contributed by atoms with Crippen LogP contribution in [-0.4, -0.2) is 43.1 Å². The molecule has 1 saturated carbocycles. The smallest absolute Gasteiger partial charge is 0.193 e. The van der Waals surface area contributed by atoms with Gasteiger partial charge in [0, 0.05) is 39.0 Å². The molecule has 1 aliphatic heterocycles. The SMILES string of the molecule is CN=C(NC1CC1C)N1CCC(Oc2ccccc2)CC1. The van der Waals surface area contributed by atoms with Gasteiger partial charge in [-0.15, -0.1) is 0 Å². The van der Waals surface area contributed by atoms with E-state index in [-0.39, 0.29) is 0 Å². The highest BCUT2D eigenvalue weighted by Gasteiger charge is 2.34. The zero-order valence-corrected chi connectivity index (χ0v) is 13.0. The molecule has 1 N–H and O–H groups in total. The third-order valence-electron chi connectivity index (χ3n) is 4.42. The van der Waals surface area contributed by atoms with Crippen molar-refractivity contribution < 1.29 is 4.74 Å². The first-order valence-corrected chi connectivity index (χ1v) is 7.96. The fourth-order valence-corrected chi connectivity index (χ4v) is 2.86. The number of piperidine rings is 1. The number of rotatable bonds is 3. The van der Waals surface area contributed by atoms with E-state index >= 15 is 0 Å². The van der Waals surface area contributed by atoms with Crippen LogP contribution in [0, 0.1) is 5.92 Å². The minimum Gasteiger partial charge on any atom is -0.490 e. The molecule has 0 radical (unpaired) electrons. The molecule has 0 spiro atoms. The monoisotopic (exact) mass is 287 g/mol. The van der Waals surface area contributed by atoms with Crippen LogP contribution in [0.25, 0.3) is 0 Å². The molecule has 3 rings (SSSR count). The van der Waals surface area contributed by atoms with Crippen LogP contribution in [0.3, 0.4) is 0 Å². The molecule has 1 aromatic carbocycles. The fourth-order valence-electron chi connectivity index (χ4n) is 2.86. The van der Waals surface area contributed by atoms with E-state index in [9.17, 15) is 0 Å². The zero-order chi connectivity index (χ0) is 14.7. The Hall–Kier alpha value is -1.71. The predicted molar refractivity (Wildman–Crippen MR) is 85.7 cm³/mol. The van der Waals surface area contributed by atoms with Gasteiger partial charge in [0.25, 0.3) is 0 Å². The lowest BCUT2D eigenvalue weighted by Crippen LogP contribution is -2.48. The first kappa shape index (κ1) is 14.2. The second-order valence-electron chi connectivity index (χ2n) is 6.13. The lowest BCUT2D eigenvalue weighted by Gasteiger charge is -2.34. The van der Waals surface area contributed by atoms with Gasteiger partial charge < -0.3 is 15.0 Å². The highest BCUT2D eigenvalue weighted by molar-refractivity contribution is 5.80. The van der Waals surface area contributed by atoms with Crippen molar-refractivity contribution in [2.24, 2.45) is 10.9 Å². The molecule has 1 aromatic rings. The quantitative estimate of drug-likeness (QED) is 0.685. The van der Waals surface area contributed by atoms with Crippen molar-refractivity contribution in [1.29, 1.82) is 0 Å². The van der Waals surface area contributed by atoms with E-state index in [1.807, 2.05) is 37.4 Å². The van der Waals surface area contributed by atoms with E-state index < -0.39 is 0 Å². The summed E-state index contributed by atoms with van der Waals surface area (Å²) < 4.78 is 6.04. The molecule has 1 aliphatic carbocycles. The molecule has 2 unspecified atom stereocenters. The molecule has 21 heavy (non-hydrogen) atoms. The molecule has 1 heterocycles. The van der Waals surface area contributed by atoms with Gasteiger partial charge in [-0.3, -0.25) is 4.99 Å². The lowest BCUT2D eigenvalue weighted by molar-refractivity contribution is 0.129. The Morgan fingerprint density at radius 3 is 2.48 bits per heavy atom. The topological polar surface area (TPSA) is 36.9 Å². The number of benzene rings is 1. The van der Waals surface area contributed by atoms with Crippen molar-refractivity contribution in [3.8, 4) is 5.75 Å². The van der Waals surface area contributed by atoms with E-state index in [0.29, 0.717) is 12.1 Å². The van der Waals surface area contributed by atoms with E-state index in [4.69, 9.17) is 4.74 Å². The van der Waals surface area contributed by atoms with Crippen LogP contribution >= 0.6 is 0 Å². The molecule has 2 fully saturated rings. The second-order valence-corrected chi connectivity index (χ2v) is 6.13. The van der Waals surface area contributed by atoms with Crippen molar-refractivity contribution in [2.75, 3.05) is 20.1 Å². The molecule has 0 aromatic heterocycles. The molecule has 0 bridgehead atoms. The van der Waals surface area contributed by atoms with E-state index in [0.717, 1.165) is 43.6 Å². The Balaban J connectivity index is 1.48.